The van der Waals surface area contributed by atoms with Gasteiger partial charge in [-0.05, 0) is 12.1 Å². The van der Waals surface area contributed by atoms with Crippen LogP contribution in [-0.4, -0.2) is 18.2 Å². The summed E-state index contributed by atoms with van der Waals surface area (Å²) in [4.78, 5) is 0.142. The van der Waals surface area contributed by atoms with E-state index in [0.29, 0.717) is 15.4 Å². The van der Waals surface area contributed by atoms with E-state index in [1.54, 1.807) is 7.05 Å². The van der Waals surface area contributed by atoms with Crippen LogP contribution in [0.5, 0.6) is 0 Å². The van der Waals surface area contributed by atoms with Crippen molar-refractivity contribution >= 4 is 21.6 Å². The zero-order valence-electron chi connectivity index (χ0n) is 9.24. The number of hydrogen-bond donors (Lipinski definition) is 1. The van der Waals surface area contributed by atoms with E-state index in [1.165, 1.54) is 40.3 Å². The largest absolute Gasteiger partial charge is 0.332 e. The van der Waals surface area contributed by atoms with Crippen LogP contribution in [0.1, 0.15) is 0 Å². The van der Waals surface area contributed by atoms with Crippen molar-refractivity contribution in [3.8, 4) is 10.6 Å². The summed E-state index contributed by atoms with van der Waals surface area (Å²) in [6.45, 7) is 0. The Hall–Kier alpha value is -1.74. The molecule has 0 bridgehead atoms. The van der Waals surface area contributed by atoms with Crippen molar-refractivity contribution in [3.63, 3.8) is 0 Å². The van der Waals surface area contributed by atoms with Crippen molar-refractivity contribution in [2.24, 2.45) is 18.0 Å². The topological polar surface area (TPSA) is 90.3 Å². The maximum absolute atomic E-state index is 12.7. The summed E-state index contributed by atoms with van der Waals surface area (Å²) in [6.07, 6.45) is 0. The summed E-state index contributed by atoms with van der Waals surface area (Å²) in [6, 6.07) is 5.33. The maximum Gasteiger partial charge on any atom is 0.332 e. The van der Waals surface area contributed by atoms with Gasteiger partial charge in [0.1, 0.15) is 5.01 Å². The SMILES string of the molecule is Cn1nc(-c2ccc(S(=O)(=O)F)cc2)s/c1=N\N. The number of halogens is 1. The first-order chi connectivity index (χ1) is 8.41. The van der Waals surface area contributed by atoms with Gasteiger partial charge in [-0.3, -0.25) is 0 Å². The molecule has 6 nitrogen and oxygen atoms in total. The van der Waals surface area contributed by atoms with Crippen molar-refractivity contribution < 1.29 is 12.3 Å². The van der Waals surface area contributed by atoms with Gasteiger partial charge in [0.2, 0.25) is 4.80 Å². The Morgan fingerprint density at radius 1 is 1.39 bits per heavy atom. The summed E-state index contributed by atoms with van der Waals surface area (Å²) in [7, 11) is -2.98. The van der Waals surface area contributed by atoms with E-state index in [4.69, 9.17) is 5.84 Å². The fourth-order valence-corrected chi connectivity index (χ4v) is 2.62. The predicted octanol–water partition coefficient (Wildman–Crippen LogP) is 0.581. The number of hydrogen-bond acceptors (Lipinski definition) is 6. The van der Waals surface area contributed by atoms with Crippen LogP contribution in [0.15, 0.2) is 34.3 Å². The van der Waals surface area contributed by atoms with E-state index in [-0.39, 0.29) is 4.90 Å². The van der Waals surface area contributed by atoms with Gasteiger partial charge >= 0.3 is 10.2 Å². The molecular formula is C9H9FN4O2S2. The molecule has 0 atom stereocenters. The van der Waals surface area contributed by atoms with Crippen molar-refractivity contribution in [2.75, 3.05) is 0 Å². The molecule has 0 saturated carbocycles. The zero-order chi connectivity index (χ0) is 13.3. The Kier molecular flexibility index (Phi) is 3.18. The van der Waals surface area contributed by atoms with E-state index in [9.17, 15) is 12.3 Å². The van der Waals surface area contributed by atoms with Crippen LogP contribution in [0.3, 0.4) is 0 Å². The van der Waals surface area contributed by atoms with Gasteiger partial charge in [-0.15, -0.1) is 3.89 Å². The molecule has 0 fully saturated rings. The van der Waals surface area contributed by atoms with Crippen molar-refractivity contribution in [3.05, 3.63) is 29.1 Å². The molecule has 9 heteroatoms. The predicted molar refractivity (Wildman–Crippen MR) is 64.6 cm³/mol. The highest BCUT2D eigenvalue weighted by atomic mass is 32.3. The van der Waals surface area contributed by atoms with Crippen LogP contribution < -0.4 is 10.6 Å². The fourth-order valence-electron chi connectivity index (χ4n) is 1.34. The first-order valence-corrected chi connectivity index (χ1v) is 6.95. The average Bonchev–Trinajstić information content (AvgIpc) is 2.69. The second kappa shape index (κ2) is 4.50. The fraction of sp³-hybridized carbons (Fsp3) is 0.111. The van der Waals surface area contributed by atoms with Crippen LogP contribution in [0, 0.1) is 0 Å². The smallest absolute Gasteiger partial charge is 0.320 e. The number of rotatable bonds is 2. The lowest BCUT2D eigenvalue weighted by Crippen LogP contribution is -2.13. The van der Waals surface area contributed by atoms with E-state index in [0.717, 1.165) is 0 Å². The molecule has 96 valence electrons. The molecule has 0 aliphatic carbocycles. The molecule has 0 aliphatic rings. The summed E-state index contributed by atoms with van der Waals surface area (Å²) in [5, 5.41) is 8.31. The third-order valence-electron chi connectivity index (χ3n) is 2.20. The van der Waals surface area contributed by atoms with Gasteiger partial charge in [0.25, 0.3) is 0 Å². The Bertz CT molecular complexity index is 731. The highest BCUT2D eigenvalue weighted by molar-refractivity contribution is 7.86. The van der Waals surface area contributed by atoms with Crippen molar-refractivity contribution in [1.29, 1.82) is 0 Å². The molecule has 18 heavy (non-hydrogen) atoms. The number of aromatic nitrogens is 2. The third-order valence-corrected chi connectivity index (χ3v) is 4.10. The van der Waals surface area contributed by atoms with Crippen LogP contribution in [0.4, 0.5) is 3.89 Å². The molecule has 0 radical (unpaired) electrons. The molecule has 0 spiro atoms. The molecule has 1 heterocycles. The summed E-state index contributed by atoms with van der Waals surface area (Å²) in [5.74, 6) is 5.17. The molecule has 0 saturated heterocycles. The summed E-state index contributed by atoms with van der Waals surface area (Å²) < 4.78 is 35.5. The second-order valence-corrected chi connectivity index (χ2v) is 5.71. The Morgan fingerprint density at radius 3 is 2.44 bits per heavy atom. The third kappa shape index (κ3) is 2.41. The maximum atomic E-state index is 12.7. The van der Waals surface area contributed by atoms with Gasteiger partial charge in [0.15, 0.2) is 0 Å². The summed E-state index contributed by atoms with van der Waals surface area (Å²) >= 11 is 1.24. The highest BCUT2D eigenvalue weighted by Gasteiger charge is 2.12. The van der Waals surface area contributed by atoms with E-state index >= 15 is 0 Å². The molecule has 1 aromatic carbocycles. The van der Waals surface area contributed by atoms with E-state index < -0.39 is 10.2 Å². The van der Waals surface area contributed by atoms with Crippen LogP contribution in [-0.2, 0) is 17.3 Å². The van der Waals surface area contributed by atoms with Crippen molar-refractivity contribution in [1.82, 2.24) is 9.78 Å². The first-order valence-electron chi connectivity index (χ1n) is 4.75. The molecule has 2 aromatic rings. The Labute approximate surface area is 106 Å². The minimum Gasteiger partial charge on any atom is -0.320 e. The van der Waals surface area contributed by atoms with Gasteiger partial charge < -0.3 is 5.84 Å². The van der Waals surface area contributed by atoms with Gasteiger partial charge in [-0.2, -0.15) is 18.6 Å². The average molecular weight is 288 g/mol. The van der Waals surface area contributed by atoms with E-state index in [1.807, 2.05) is 0 Å². The van der Waals surface area contributed by atoms with Gasteiger partial charge in [-0.25, -0.2) is 4.68 Å². The normalized spacial score (nSPS) is 12.9. The minimum absolute atomic E-state index is 0.379. The lowest BCUT2D eigenvalue weighted by Gasteiger charge is -1.97. The molecule has 2 N–H and O–H groups in total. The molecule has 1 aromatic heterocycles. The van der Waals surface area contributed by atoms with Crippen LogP contribution in [0.2, 0.25) is 0 Å². The monoisotopic (exact) mass is 288 g/mol. The Morgan fingerprint density at radius 2 is 2.00 bits per heavy atom. The number of nitrogens with two attached hydrogens (primary N) is 1. The van der Waals surface area contributed by atoms with Crippen molar-refractivity contribution in [2.45, 2.75) is 4.90 Å². The molecule has 0 aliphatic heterocycles. The van der Waals surface area contributed by atoms with Gasteiger partial charge in [0.05, 0.1) is 4.90 Å². The quantitative estimate of drug-likeness (QED) is 0.497. The van der Waals surface area contributed by atoms with Gasteiger partial charge in [-0.1, -0.05) is 23.5 Å². The standard InChI is InChI=1S/C9H9FN4O2S2/c1-14-9(12-11)17-8(13-14)6-2-4-7(5-3-6)18(10,15)16/h2-5H,11H2,1H3/b12-9-. The second-order valence-electron chi connectivity index (χ2n) is 3.40. The zero-order valence-corrected chi connectivity index (χ0v) is 10.9. The van der Waals surface area contributed by atoms with Gasteiger partial charge in [0, 0.05) is 12.6 Å². The number of nitrogens with zero attached hydrogens (tertiary/aromatic N) is 3. The lowest BCUT2D eigenvalue weighted by molar-refractivity contribution is 0.552. The van der Waals surface area contributed by atoms with Crippen LogP contribution >= 0.6 is 11.3 Å². The minimum atomic E-state index is -4.67. The number of aryl methyl sites for hydroxylation is 1. The molecule has 2 rings (SSSR count). The Balaban J connectivity index is 2.47. The molecule has 0 unspecified atom stereocenters. The summed E-state index contributed by atoms with van der Waals surface area (Å²) in [5.41, 5.74) is 0.665. The van der Waals surface area contributed by atoms with E-state index in [2.05, 4.69) is 10.2 Å². The highest BCUT2D eigenvalue weighted by Crippen LogP contribution is 2.21. The molecular weight excluding hydrogens is 279 g/mol. The molecule has 0 amide bonds. The van der Waals surface area contributed by atoms with Crippen LogP contribution in [0.25, 0.3) is 10.6 Å². The first kappa shape index (κ1) is 12.7. The number of benzene rings is 1. The lowest BCUT2D eigenvalue weighted by atomic mass is 10.2.